The molecule has 26 heavy (non-hydrogen) atoms. The summed E-state index contributed by atoms with van der Waals surface area (Å²) in [7, 11) is 0. The number of aromatic nitrogens is 3. The van der Waals surface area contributed by atoms with Crippen molar-refractivity contribution in [1.29, 1.82) is 0 Å². The lowest BCUT2D eigenvalue weighted by molar-refractivity contribution is -0.123. The third-order valence-electron chi connectivity index (χ3n) is 4.00. The minimum atomic E-state index is -0.339. The third-order valence-corrected chi connectivity index (χ3v) is 5.07. The molecule has 1 aliphatic rings. The number of rotatable bonds is 6. The molecule has 140 valence electrons. The van der Waals surface area contributed by atoms with Gasteiger partial charge in [-0.05, 0) is 13.3 Å². The maximum Gasteiger partial charge on any atom is 0.276 e. The molecule has 2 aromatic rings. The first-order chi connectivity index (χ1) is 12.6. The Bertz CT molecular complexity index is 774. The molecule has 3 rings (SSSR count). The van der Waals surface area contributed by atoms with Crippen molar-refractivity contribution in [2.75, 3.05) is 19.8 Å². The summed E-state index contributed by atoms with van der Waals surface area (Å²) in [6, 6.07) is 1.25. The molecule has 0 unspecified atom stereocenters. The van der Waals surface area contributed by atoms with E-state index in [-0.39, 0.29) is 30.0 Å². The van der Waals surface area contributed by atoms with E-state index in [0.717, 1.165) is 16.4 Å². The molecule has 2 amide bonds. The van der Waals surface area contributed by atoms with Crippen molar-refractivity contribution in [3.8, 4) is 0 Å². The lowest BCUT2D eigenvalue weighted by Crippen LogP contribution is -2.50. The Balaban J connectivity index is 1.57. The molecule has 10 heteroatoms. The number of nitrogens with zero attached hydrogens (tertiary/aromatic N) is 4. The van der Waals surface area contributed by atoms with Crippen LogP contribution in [0.5, 0.6) is 0 Å². The van der Waals surface area contributed by atoms with Gasteiger partial charge in [0, 0.05) is 19.0 Å². The fraction of sp³-hybridized carbons (Fsp3) is 0.562. The molecule has 0 bridgehead atoms. The van der Waals surface area contributed by atoms with Gasteiger partial charge in [0.25, 0.3) is 5.91 Å². The van der Waals surface area contributed by atoms with Crippen molar-refractivity contribution in [3.05, 3.63) is 27.5 Å². The lowest BCUT2D eigenvalue weighted by Gasteiger charge is -2.34. The van der Waals surface area contributed by atoms with Crippen LogP contribution in [0, 0.1) is 6.92 Å². The normalized spacial score (nSPS) is 17.3. The van der Waals surface area contributed by atoms with Gasteiger partial charge in [0.05, 0.1) is 25.8 Å². The molecule has 2 aromatic heterocycles. The van der Waals surface area contributed by atoms with Crippen LogP contribution in [-0.2, 0) is 22.5 Å². The number of ether oxygens (including phenoxy) is 1. The van der Waals surface area contributed by atoms with Crippen molar-refractivity contribution in [2.24, 2.45) is 0 Å². The first kappa shape index (κ1) is 18.5. The minimum Gasteiger partial charge on any atom is -0.377 e. The van der Waals surface area contributed by atoms with Gasteiger partial charge < -0.3 is 19.5 Å². The molecular weight excluding hydrogens is 358 g/mol. The number of morpholine rings is 1. The minimum absolute atomic E-state index is 0.155. The van der Waals surface area contributed by atoms with Crippen LogP contribution in [0.1, 0.15) is 39.6 Å². The number of hydrogen-bond acceptors (Lipinski definition) is 8. The molecule has 1 saturated heterocycles. The Morgan fingerprint density at radius 3 is 2.88 bits per heavy atom. The second-order valence-electron chi connectivity index (χ2n) is 5.97. The average Bonchev–Trinajstić information content (AvgIpc) is 3.28. The maximum atomic E-state index is 12.6. The van der Waals surface area contributed by atoms with Crippen LogP contribution in [0.25, 0.3) is 0 Å². The first-order valence-corrected chi connectivity index (χ1v) is 9.28. The van der Waals surface area contributed by atoms with Crippen molar-refractivity contribution >= 4 is 23.2 Å². The lowest BCUT2D eigenvalue weighted by atomic mass is 10.1. The zero-order valence-electron chi connectivity index (χ0n) is 14.7. The summed E-state index contributed by atoms with van der Waals surface area (Å²) in [6.07, 6.45) is 0.978. The number of nitrogens with one attached hydrogen (secondary N) is 1. The van der Waals surface area contributed by atoms with Gasteiger partial charge in [-0.1, -0.05) is 23.4 Å². The zero-order valence-corrected chi connectivity index (χ0v) is 15.5. The van der Waals surface area contributed by atoms with Crippen LogP contribution in [0.2, 0.25) is 0 Å². The first-order valence-electron chi connectivity index (χ1n) is 8.46. The summed E-state index contributed by atoms with van der Waals surface area (Å²) in [5.41, 5.74) is 0.246. The SMILES string of the molecule is CCc1nnc(CNC(=O)C[C@@H]2COCCN2C(=O)c2cc(C)on2)s1. The Morgan fingerprint density at radius 1 is 1.38 bits per heavy atom. The number of carbonyl (C=O) groups is 2. The monoisotopic (exact) mass is 379 g/mol. The molecule has 1 N–H and O–H groups in total. The van der Waals surface area contributed by atoms with E-state index < -0.39 is 0 Å². The summed E-state index contributed by atoms with van der Waals surface area (Å²) in [4.78, 5) is 26.5. The Morgan fingerprint density at radius 2 is 2.19 bits per heavy atom. The van der Waals surface area contributed by atoms with Crippen molar-refractivity contribution in [3.63, 3.8) is 0 Å². The Hall–Kier alpha value is -2.33. The highest BCUT2D eigenvalue weighted by atomic mass is 32.1. The van der Waals surface area contributed by atoms with Crippen LogP contribution >= 0.6 is 11.3 Å². The second kappa shape index (κ2) is 8.37. The van der Waals surface area contributed by atoms with Crippen LogP contribution in [0.4, 0.5) is 0 Å². The number of aryl methyl sites for hydroxylation is 2. The maximum absolute atomic E-state index is 12.6. The summed E-state index contributed by atoms with van der Waals surface area (Å²) in [5, 5.41) is 16.4. The van der Waals surface area contributed by atoms with Gasteiger partial charge in [-0.25, -0.2) is 0 Å². The van der Waals surface area contributed by atoms with Gasteiger partial charge in [-0.15, -0.1) is 10.2 Å². The van der Waals surface area contributed by atoms with Crippen LogP contribution in [0.3, 0.4) is 0 Å². The van der Waals surface area contributed by atoms with Gasteiger partial charge in [-0.2, -0.15) is 0 Å². The predicted molar refractivity (Wildman–Crippen MR) is 92.6 cm³/mol. The third kappa shape index (κ3) is 4.44. The molecular formula is C16H21N5O4S. The van der Waals surface area contributed by atoms with E-state index in [1.54, 1.807) is 17.9 Å². The highest BCUT2D eigenvalue weighted by Gasteiger charge is 2.31. The van der Waals surface area contributed by atoms with E-state index in [2.05, 4.69) is 20.7 Å². The Labute approximate surface area is 154 Å². The van der Waals surface area contributed by atoms with E-state index in [9.17, 15) is 9.59 Å². The fourth-order valence-corrected chi connectivity index (χ4v) is 3.39. The molecule has 1 atom stereocenters. The number of carbonyl (C=O) groups excluding carboxylic acids is 2. The molecule has 0 spiro atoms. The highest BCUT2D eigenvalue weighted by Crippen LogP contribution is 2.16. The number of hydrogen-bond donors (Lipinski definition) is 1. The topological polar surface area (TPSA) is 110 Å². The molecule has 0 saturated carbocycles. The molecule has 0 aliphatic carbocycles. The summed E-state index contributed by atoms with van der Waals surface area (Å²) in [5.74, 6) is 0.155. The number of amides is 2. The average molecular weight is 379 g/mol. The quantitative estimate of drug-likeness (QED) is 0.795. The largest absolute Gasteiger partial charge is 0.377 e. The van der Waals surface area contributed by atoms with Gasteiger partial charge in [0.2, 0.25) is 5.91 Å². The highest BCUT2D eigenvalue weighted by molar-refractivity contribution is 7.11. The molecule has 1 aliphatic heterocycles. The summed E-state index contributed by atoms with van der Waals surface area (Å²) < 4.78 is 10.4. The molecule has 0 aromatic carbocycles. The van der Waals surface area contributed by atoms with E-state index in [0.29, 0.717) is 32.1 Å². The van der Waals surface area contributed by atoms with Crippen LogP contribution in [-0.4, -0.2) is 57.9 Å². The summed E-state index contributed by atoms with van der Waals surface area (Å²) >= 11 is 1.48. The van der Waals surface area contributed by atoms with Gasteiger partial charge in [0.15, 0.2) is 5.69 Å². The predicted octanol–water partition coefficient (Wildman–Crippen LogP) is 0.944. The van der Waals surface area contributed by atoms with Crippen LogP contribution < -0.4 is 5.32 Å². The van der Waals surface area contributed by atoms with Gasteiger partial charge in [-0.3, -0.25) is 9.59 Å². The van der Waals surface area contributed by atoms with E-state index >= 15 is 0 Å². The Kier molecular flexibility index (Phi) is 5.94. The van der Waals surface area contributed by atoms with Crippen molar-refractivity contribution < 1.29 is 18.8 Å². The van der Waals surface area contributed by atoms with E-state index in [4.69, 9.17) is 9.26 Å². The van der Waals surface area contributed by atoms with Gasteiger partial charge in [0.1, 0.15) is 15.8 Å². The molecule has 0 radical (unpaired) electrons. The molecule has 3 heterocycles. The van der Waals surface area contributed by atoms with Crippen molar-refractivity contribution in [1.82, 2.24) is 25.6 Å². The van der Waals surface area contributed by atoms with Crippen LogP contribution in [0.15, 0.2) is 10.6 Å². The van der Waals surface area contributed by atoms with Crippen molar-refractivity contribution in [2.45, 2.75) is 39.3 Å². The van der Waals surface area contributed by atoms with Gasteiger partial charge >= 0.3 is 0 Å². The standard InChI is InChI=1S/C16H21N5O4S/c1-3-14-18-19-15(26-14)8-17-13(22)7-11-9-24-5-4-21(11)16(23)12-6-10(2)25-20-12/h6,11H,3-5,7-9H2,1-2H3,(H,17,22)/t11-/m1/s1. The van der Waals surface area contributed by atoms with E-state index in [1.807, 2.05) is 6.92 Å². The zero-order chi connectivity index (χ0) is 18.5. The summed E-state index contributed by atoms with van der Waals surface area (Å²) in [6.45, 7) is 5.23. The fourth-order valence-electron chi connectivity index (χ4n) is 2.67. The smallest absolute Gasteiger partial charge is 0.276 e. The molecule has 9 nitrogen and oxygen atoms in total. The van der Waals surface area contributed by atoms with E-state index in [1.165, 1.54) is 11.3 Å². The second-order valence-corrected chi connectivity index (χ2v) is 7.12. The molecule has 1 fully saturated rings.